The van der Waals surface area contributed by atoms with Gasteiger partial charge in [0.05, 0.1) is 12.1 Å². The Bertz CT molecular complexity index is 647. The Kier molecular flexibility index (Phi) is 5.59. The first-order chi connectivity index (χ1) is 10.6. The number of nitrogens with zero attached hydrogens (tertiary/aromatic N) is 1. The van der Waals surface area contributed by atoms with Gasteiger partial charge in [0.1, 0.15) is 5.82 Å². The monoisotopic (exact) mass is 301 g/mol. The van der Waals surface area contributed by atoms with E-state index in [2.05, 4.69) is 15.6 Å². The molecule has 0 aliphatic rings. The average molecular weight is 301 g/mol. The summed E-state index contributed by atoms with van der Waals surface area (Å²) in [5.74, 6) is -1.06. The van der Waals surface area contributed by atoms with Crippen molar-refractivity contribution in [1.82, 2.24) is 10.3 Å². The standard InChI is InChI=1S/C16H16FN3O2/c17-13-6-1-2-7-14(13)20-15(21)8-10-19-16(22)11-12-5-3-4-9-18-12/h1-7,9H,8,10-11H2,(H,19,22)(H,20,21). The number of hydrogen-bond donors (Lipinski definition) is 2. The maximum absolute atomic E-state index is 13.4. The molecule has 0 bridgehead atoms. The molecular weight excluding hydrogens is 285 g/mol. The number of anilines is 1. The van der Waals surface area contributed by atoms with Crippen LogP contribution in [0.15, 0.2) is 48.7 Å². The van der Waals surface area contributed by atoms with Crippen LogP contribution in [0.25, 0.3) is 0 Å². The number of benzene rings is 1. The Morgan fingerprint density at radius 1 is 1.05 bits per heavy atom. The summed E-state index contributed by atoms with van der Waals surface area (Å²) in [5, 5.41) is 5.08. The fourth-order valence-electron chi connectivity index (χ4n) is 1.82. The van der Waals surface area contributed by atoms with Gasteiger partial charge in [-0.2, -0.15) is 0 Å². The van der Waals surface area contributed by atoms with Gasteiger partial charge in [0.2, 0.25) is 11.8 Å². The molecule has 2 N–H and O–H groups in total. The Balaban J connectivity index is 1.71. The fraction of sp³-hybridized carbons (Fsp3) is 0.188. The first-order valence-electron chi connectivity index (χ1n) is 6.86. The van der Waals surface area contributed by atoms with Gasteiger partial charge in [0, 0.05) is 24.9 Å². The normalized spacial score (nSPS) is 10.0. The topological polar surface area (TPSA) is 71.1 Å². The third-order valence-electron chi connectivity index (χ3n) is 2.89. The van der Waals surface area contributed by atoms with Crippen LogP contribution in [0.1, 0.15) is 12.1 Å². The minimum absolute atomic E-state index is 0.0717. The van der Waals surface area contributed by atoms with Crippen molar-refractivity contribution in [2.75, 3.05) is 11.9 Å². The van der Waals surface area contributed by atoms with Gasteiger partial charge in [0.25, 0.3) is 0 Å². The highest BCUT2D eigenvalue weighted by Crippen LogP contribution is 2.12. The van der Waals surface area contributed by atoms with Crippen LogP contribution < -0.4 is 10.6 Å². The lowest BCUT2D eigenvalue weighted by atomic mass is 10.2. The number of para-hydroxylation sites is 1. The molecule has 114 valence electrons. The molecule has 0 aliphatic carbocycles. The van der Waals surface area contributed by atoms with E-state index in [1.165, 1.54) is 12.1 Å². The van der Waals surface area contributed by atoms with Crippen LogP contribution in [-0.4, -0.2) is 23.3 Å². The number of carbonyl (C=O) groups is 2. The van der Waals surface area contributed by atoms with Crippen LogP contribution in [0.2, 0.25) is 0 Å². The molecule has 2 rings (SSSR count). The number of aromatic nitrogens is 1. The molecule has 2 amide bonds. The van der Waals surface area contributed by atoms with Gasteiger partial charge in [-0.15, -0.1) is 0 Å². The number of hydrogen-bond acceptors (Lipinski definition) is 3. The van der Waals surface area contributed by atoms with Gasteiger partial charge in [-0.1, -0.05) is 18.2 Å². The highest BCUT2D eigenvalue weighted by Gasteiger charge is 2.08. The maximum Gasteiger partial charge on any atom is 0.226 e. The largest absolute Gasteiger partial charge is 0.355 e. The predicted octanol–water partition coefficient (Wildman–Crippen LogP) is 1.91. The molecule has 0 saturated carbocycles. The molecule has 6 heteroatoms. The summed E-state index contributed by atoms with van der Waals surface area (Å²) >= 11 is 0. The summed E-state index contributed by atoms with van der Waals surface area (Å²) in [6.07, 6.45) is 1.85. The Morgan fingerprint density at radius 3 is 2.55 bits per heavy atom. The van der Waals surface area contributed by atoms with Gasteiger partial charge in [-0.3, -0.25) is 14.6 Å². The lowest BCUT2D eigenvalue weighted by Crippen LogP contribution is -2.29. The molecule has 22 heavy (non-hydrogen) atoms. The Hall–Kier alpha value is -2.76. The van der Waals surface area contributed by atoms with E-state index in [9.17, 15) is 14.0 Å². The van der Waals surface area contributed by atoms with Crippen LogP contribution in [-0.2, 0) is 16.0 Å². The van der Waals surface area contributed by atoms with E-state index in [4.69, 9.17) is 0 Å². The van der Waals surface area contributed by atoms with Gasteiger partial charge >= 0.3 is 0 Å². The molecule has 0 unspecified atom stereocenters. The highest BCUT2D eigenvalue weighted by molar-refractivity contribution is 5.91. The molecule has 2 aromatic rings. The first-order valence-corrected chi connectivity index (χ1v) is 6.86. The van der Waals surface area contributed by atoms with Crippen LogP contribution in [0, 0.1) is 5.82 Å². The molecular formula is C16H16FN3O2. The molecule has 5 nitrogen and oxygen atoms in total. The summed E-state index contributed by atoms with van der Waals surface area (Å²) in [7, 11) is 0. The second kappa shape index (κ2) is 7.87. The van der Waals surface area contributed by atoms with Crippen molar-refractivity contribution >= 4 is 17.5 Å². The van der Waals surface area contributed by atoms with Crippen molar-refractivity contribution < 1.29 is 14.0 Å². The third kappa shape index (κ3) is 4.97. The number of carbonyl (C=O) groups excluding carboxylic acids is 2. The third-order valence-corrected chi connectivity index (χ3v) is 2.89. The van der Waals surface area contributed by atoms with E-state index < -0.39 is 5.82 Å². The zero-order chi connectivity index (χ0) is 15.8. The van der Waals surface area contributed by atoms with Crippen molar-refractivity contribution in [2.45, 2.75) is 12.8 Å². The van der Waals surface area contributed by atoms with Crippen LogP contribution >= 0.6 is 0 Å². The number of pyridine rings is 1. The molecule has 0 saturated heterocycles. The Labute approximate surface area is 127 Å². The number of nitrogens with one attached hydrogen (secondary N) is 2. The summed E-state index contributed by atoms with van der Waals surface area (Å²) in [6, 6.07) is 11.3. The van der Waals surface area contributed by atoms with Crippen LogP contribution in [0.4, 0.5) is 10.1 Å². The molecule has 0 aliphatic heterocycles. The fourth-order valence-corrected chi connectivity index (χ4v) is 1.82. The van der Waals surface area contributed by atoms with E-state index >= 15 is 0 Å². The first kappa shape index (κ1) is 15.6. The smallest absolute Gasteiger partial charge is 0.226 e. The number of amides is 2. The van der Waals surface area contributed by atoms with Crippen molar-refractivity contribution in [3.05, 3.63) is 60.2 Å². The summed E-state index contributed by atoms with van der Waals surface area (Å²) in [6.45, 7) is 0.186. The molecule has 0 fully saturated rings. The molecule has 1 aromatic carbocycles. The SMILES string of the molecule is O=C(Cc1ccccn1)NCCC(=O)Nc1ccccc1F. The van der Waals surface area contributed by atoms with Gasteiger partial charge in [-0.25, -0.2) is 4.39 Å². The van der Waals surface area contributed by atoms with Gasteiger partial charge < -0.3 is 10.6 Å². The van der Waals surface area contributed by atoms with E-state index in [-0.39, 0.29) is 36.9 Å². The lowest BCUT2D eigenvalue weighted by molar-refractivity contribution is -0.120. The zero-order valence-corrected chi connectivity index (χ0v) is 11.9. The van der Waals surface area contributed by atoms with E-state index in [1.807, 2.05) is 0 Å². The zero-order valence-electron chi connectivity index (χ0n) is 11.9. The predicted molar refractivity (Wildman–Crippen MR) is 80.6 cm³/mol. The van der Waals surface area contributed by atoms with E-state index in [0.717, 1.165) is 0 Å². The number of rotatable bonds is 6. The Morgan fingerprint density at radius 2 is 1.82 bits per heavy atom. The van der Waals surface area contributed by atoms with Crippen molar-refractivity contribution in [3.8, 4) is 0 Å². The van der Waals surface area contributed by atoms with E-state index in [1.54, 1.807) is 36.5 Å². The minimum atomic E-state index is -0.491. The van der Waals surface area contributed by atoms with Gasteiger partial charge in [-0.05, 0) is 24.3 Å². The second-order valence-electron chi connectivity index (χ2n) is 4.63. The molecule has 1 aromatic heterocycles. The molecule has 1 heterocycles. The average Bonchev–Trinajstić information content (AvgIpc) is 2.50. The molecule has 0 atom stereocenters. The van der Waals surface area contributed by atoms with Crippen molar-refractivity contribution in [3.63, 3.8) is 0 Å². The highest BCUT2D eigenvalue weighted by atomic mass is 19.1. The lowest BCUT2D eigenvalue weighted by Gasteiger charge is -2.07. The summed E-state index contributed by atoms with van der Waals surface area (Å²) in [5.41, 5.74) is 0.795. The van der Waals surface area contributed by atoms with Crippen LogP contribution in [0.3, 0.4) is 0 Å². The van der Waals surface area contributed by atoms with E-state index in [0.29, 0.717) is 5.69 Å². The minimum Gasteiger partial charge on any atom is -0.355 e. The molecule has 0 radical (unpaired) electrons. The van der Waals surface area contributed by atoms with Crippen molar-refractivity contribution in [2.24, 2.45) is 0 Å². The number of halogens is 1. The maximum atomic E-state index is 13.4. The summed E-state index contributed by atoms with van der Waals surface area (Å²) in [4.78, 5) is 27.4. The van der Waals surface area contributed by atoms with Crippen LogP contribution in [0.5, 0.6) is 0 Å². The molecule has 0 spiro atoms. The quantitative estimate of drug-likeness (QED) is 0.856. The summed E-state index contributed by atoms with van der Waals surface area (Å²) < 4.78 is 13.4. The van der Waals surface area contributed by atoms with Gasteiger partial charge in [0.15, 0.2) is 0 Å². The van der Waals surface area contributed by atoms with Crippen molar-refractivity contribution in [1.29, 1.82) is 0 Å². The second-order valence-corrected chi connectivity index (χ2v) is 4.63.